The monoisotopic (exact) mass is 327 g/mol. The summed E-state index contributed by atoms with van der Waals surface area (Å²) in [7, 11) is 1.57. The normalized spacial score (nSPS) is 11.4. The minimum atomic E-state index is -0.533. The maximum atomic E-state index is 12.5. The van der Waals surface area contributed by atoms with E-state index in [1.165, 1.54) is 0 Å². The fourth-order valence-electron chi connectivity index (χ4n) is 2.33. The summed E-state index contributed by atoms with van der Waals surface area (Å²) < 4.78 is 10.0. The molecule has 24 heavy (non-hydrogen) atoms. The van der Waals surface area contributed by atoms with E-state index in [1.807, 2.05) is 30.3 Å². The van der Waals surface area contributed by atoms with Gasteiger partial charge in [-0.2, -0.15) is 0 Å². The smallest absolute Gasteiger partial charge is 0.407 e. The number of ketones is 1. The fourth-order valence-corrected chi connectivity index (χ4v) is 2.33. The maximum Gasteiger partial charge on any atom is 0.407 e. The van der Waals surface area contributed by atoms with E-state index in [9.17, 15) is 9.59 Å². The molecule has 0 saturated carbocycles. The van der Waals surface area contributed by atoms with Crippen LogP contribution in [-0.4, -0.2) is 25.6 Å². The molecule has 0 radical (unpaired) electrons. The third kappa shape index (κ3) is 4.84. The molecule has 126 valence electrons. The second kappa shape index (κ2) is 8.72. The molecule has 1 atom stereocenters. The third-order valence-electron chi connectivity index (χ3n) is 3.57. The van der Waals surface area contributed by atoms with E-state index in [0.717, 1.165) is 5.56 Å². The number of methoxy groups -OCH3 is 1. The van der Waals surface area contributed by atoms with E-state index in [2.05, 4.69) is 5.32 Å². The number of carbonyl (C=O) groups excluding carboxylic acids is 2. The van der Waals surface area contributed by atoms with Crippen molar-refractivity contribution >= 4 is 11.9 Å². The lowest BCUT2D eigenvalue weighted by molar-refractivity contribution is 0.0965. The van der Waals surface area contributed by atoms with Crippen molar-refractivity contribution in [2.45, 2.75) is 19.4 Å². The van der Waals surface area contributed by atoms with E-state index in [4.69, 9.17) is 9.47 Å². The van der Waals surface area contributed by atoms with Gasteiger partial charge in [0.25, 0.3) is 0 Å². The highest BCUT2D eigenvalue weighted by atomic mass is 16.5. The number of rotatable bonds is 7. The molecule has 0 fully saturated rings. The quantitative estimate of drug-likeness (QED) is 0.787. The van der Waals surface area contributed by atoms with E-state index in [0.29, 0.717) is 11.3 Å². The summed E-state index contributed by atoms with van der Waals surface area (Å²) in [5.74, 6) is 0.624. The molecule has 2 aromatic carbocycles. The molecule has 0 bridgehead atoms. The Morgan fingerprint density at radius 2 is 1.71 bits per heavy atom. The molecule has 2 rings (SSSR count). The van der Waals surface area contributed by atoms with Gasteiger partial charge in [0.1, 0.15) is 5.75 Å². The summed E-state index contributed by atoms with van der Waals surface area (Å²) in [6.45, 7) is 2.01. The zero-order chi connectivity index (χ0) is 17.4. The molecule has 0 aromatic heterocycles. The van der Waals surface area contributed by atoms with Crippen LogP contribution in [0.5, 0.6) is 5.75 Å². The summed E-state index contributed by atoms with van der Waals surface area (Å²) in [6.07, 6.45) is -0.385. The first-order valence-corrected chi connectivity index (χ1v) is 7.79. The highest BCUT2D eigenvalue weighted by Crippen LogP contribution is 2.21. The van der Waals surface area contributed by atoms with Gasteiger partial charge in [0.05, 0.1) is 19.8 Å². The van der Waals surface area contributed by atoms with E-state index in [1.54, 1.807) is 38.3 Å². The van der Waals surface area contributed by atoms with Crippen LogP contribution in [-0.2, 0) is 4.74 Å². The van der Waals surface area contributed by atoms with Crippen LogP contribution in [0.4, 0.5) is 4.79 Å². The van der Waals surface area contributed by atoms with Crippen LogP contribution in [0, 0.1) is 0 Å². The van der Waals surface area contributed by atoms with Gasteiger partial charge in [-0.1, -0.05) is 30.3 Å². The standard InChI is InChI=1S/C19H21NO4/c1-3-24-19(22)20-17(14-7-5-4-6-8-14)13-18(21)15-9-11-16(23-2)12-10-15/h4-12,17H,3,13H2,1-2H3,(H,20,22). The Balaban J connectivity index is 2.14. The van der Waals surface area contributed by atoms with Gasteiger partial charge in [-0.15, -0.1) is 0 Å². The predicted molar refractivity (Wildman–Crippen MR) is 91.3 cm³/mol. The lowest BCUT2D eigenvalue weighted by atomic mass is 9.98. The zero-order valence-electron chi connectivity index (χ0n) is 13.8. The van der Waals surface area contributed by atoms with Crippen LogP contribution in [0.15, 0.2) is 54.6 Å². The summed E-state index contributed by atoms with van der Waals surface area (Å²) >= 11 is 0. The molecule has 0 aliphatic carbocycles. The molecule has 1 unspecified atom stereocenters. The van der Waals surface area contributed by atoms with Crippen LogP contribution in [0.2, 0.25) is 0 Å². The van der Waals surface area contributed by atoms with Crippen LogP contribution in [0.25, 0.3) is 0 Å². The fraction of sp³-hybridized carbons (Fsp3) is 0.263. The minimum absolute atomic E-state index is 0.0664. The van der Waals surface area contributed by atoms with Crippen molar-refractivity contribution in [3.05, 3.63) is 65.7 Å². The van der Waals surface area contributed by atoms with Crippen molar-refractivity contribution in [3.63, 3.8) is 0 Å². The molecule has 5 heteroatoms. The molecule has 1 N–H and O–H groups in total. The number of ether oxygens (including phenoxy) is 2. The molecular weight excluding hydrogens is 306 g/mol. The highest BCUT2D eigenvalue weighted by Gasteiger charge is 2.19. The van der Waals surface area contributed by atoms with E-state index in [-0.39, 0.29) is 18.8 Å². The molecule has 1 amide bonds. The maximum absolute atomic E-state index is 12.5. The van der Waals surface area contributed by atoms with Crippen molar-refractivity contribution in [2.75, 3.05) is 13.7 Å². The number of Topliss-reactive ketones (excluding diaryl/α,β-unsaturated/α-hetero) is 1. The first-order valence-electron chi connectivity index (χ1n) is 7.79. The average Bonchev–Trinajstić information content (AvgIpc) is 2.62. The number of amides is 1. The number of alkyl carbamates (subject to hydrolysis) is 1. The number of benzene rings is 2. The third-order valence-corrected chi connectivity index (χ3v) is 3.57. The van der Waals surface area contributed by atoms with Crippen molar-refractivity contribution < 1.29 is 19.1 Å². The Labute approximate surface area is 141 Å². The second-order valence-corrected chi connectivity index (χ2v) is 5.18. The van der Waals surface area contributed by atoms with Crippen molar-refractivity contribution in [2.24, 2.45) is 0 Å². The van der Waals surface area contributed by atoms with Crippen LogP contribution < -0.4 is 10.1 Å². The van der Waals surface area contributed by atoms with E-state index >= 15 is 0 Å². The molecule has 0 saturated heterocycles. The van der Waals surface area contributed by atoms with Crippen LogP contribution in [0.3, 0.4) is 0 Å². The first-order chi connectivity index (χ1) is 11.6. The Morgan fingerprint density at radius 3 is 2.29 bits per heavy atom. The molecule has 0 aliphatic heterocycles. The molecule has 5 nitrogen and oxygen atoms in total. The lowest BCUT2D eigenvalue weighted by Gasteiger charge is -2.18. The molecule has 0 heterocycles. The van der Waals surface area contributed by atoms with Gasteiger partial charge in [0.15, 0.2) is 5.78 Å². The summed E-state index contributed by atoms with van der Waals surface area (Å²) in [6, 6.07) is 15.8. The predicted octanol–water partition coefficient (Wildman–Crippen LogP) is 3.76. The summed E-state index contributed by atoms with van der Waals surface area (Å²) in [4.78, 5) is 24.3. The summed E-state index contributed by atoms with van der Waals surface area (Å²) in [5.41, 5.74) is 1.43. The zero-order valence-corrected chi connectivity index (χ0v) is 13.8. The molecule has 0 spiro atoms. The SMILES string of the molecule is CCOC(=O)NC(CC(=O)c1ccc(OC)cc1)c1ccccc1. The average molecular weight is 327 g/mol. The van der Waals surface area contributed by atoms with Gasteiger partial charge in [-0.3, -0.25) is 4.79 Å². The Morgan fingerprint density at radius 1 is 1.04 bits per heavy atom. The molecule has 0 aliphatic rings. The van der Waals surface area contributed by atoms with Gasteiger partial charge >= 0.3 is 6.09 Å². The van der Waals surface area contributed by atoms with Gasteiger partial charge in [-0.05, 0) is 36.8 Å². The Kier molecular flexibility index (Phi) is 6.37. The Bertz CT molecular complexity index is 668. The van der Waals surface area contributed by atoms with Gasteiger partial charge in [0.2, 0.25) is 0 Å². The number of hydrogen-bond acceptors (Lipinski definition) is 4. The van der Waals surface area contributed by atoms with Gasteiger partial charge < -0.3 is 14.8 Å². The lowest BCUT2D eigenvalue weighted by Crippen LogP contribution is -2.30. The largest absolute Gasteiger partial charge is 0.497 e. The van der Waals surface area contributed by atoms with Gasteiger partial charge in [-0.25, -0.2) is 4.79 Å². The van der Waals surface area contributed by atoms with E-state index < -0.39 is 12.1 Å². The second-order valence-electron chi connectivity index (χ2n) is 5.18. The topological polar surface area (TPSA) is 64.6 Å². The highest BCUT2D eigenvalue weighted by molar-refractivity contribution is 5.96. The minimum Gasteiger partial charge on any atom is -0.497 e. The summed E-state index contributed by atoms with van der Waals surface area (Å²) in [5, 5.41) is 2.75. The first kappa shape index (κ1) is 17.5. The van der Waals surface area contributed by atoms with Crippen LogP contribution >= 0.6 is 0 Å². The molecular formula is C19H21NO4. The number of carbonyl (C=O) groups is 2. The number of nitrogens with one attached hydrogen (secondary N) is 1. The van der Waals surface area contributed by atoms with Crippen molar-refractivity contribution in [1.82, 2.24) is 5.32 Å². The molecule has 2 aromatic rings. The van der Waals surface area contributed by atoms with Crippen LogP contribution in [0.1, 0.15) is 35.3 Å². The van der Waals surface area contributed by atoms with Crippen molar-refractivity contribution in [3.8, 4) is 5.75 Å². The van der Waals surface area contributed by atoms with Gasteiger partial charge in [0, 0.05) is 12.0 Å². The van der Waals surface area contributed by atoms with Crippen molar-refractivity contribution in [1.29, 1.82) is 0 Å². The number of hydrogen-bond donors (Lipinski definition) is 1. The Hall–Kier alpha value is -2.82.